The van der Waals surface area contributed by atoms with Crippen LogP contribution in [0.3, 0.4) is 0 Å². The van der Waals surface area contributed by atoms with Gasteiger partial charge in [0.2, 0.25) is 0 Å². The van der Waals surface area contributed by atoms with Gasteiger partial charge < -0.3 is 5.73 Å². The van der Waals surface area contributed by atoms with Gasteiger partial charge >= 0.3 is 0 Å². The normalized spacial score (nSPS) is 11.4. The van der Waals surface area contributed by atoms with E-state index >= 15 is 0 Å². The van der Waals surface area contributed by atoms with Gasteiger partial charge in [0.25, 0.3) is 10.0 Å². The lowest BCUT2D eigenvalue weighted by Crippen LogP contribution is -2.13. The summed E-state index contributed by atoms with van der Waals surface area (Å²) in [6.07, 6.45) is 1.54. The Balaban J connectivity index is 2.31. The second-order valence-electron chi connectivity index (χ2n) is 3.29. The molecule has 0 atom stereocenters. The van der Waals surface area contributed by atoms with Crippen LogP contribution in [0, 0.1) is 0 Å². The molecular weight excluding hydrogens is 258 g/mol. The number of nitrogens with zero attached hydrogens (tertiary/aromatic N) is 1. The van der Waals surface area contributed by atoms with E-state index in [4.69, 9.17) is 5.73 Å². The number of nitrogens with two attached hydrogens (primary N) is 1. The number of nitrogens with one attached hydrogen (secondary N) is 1. The molecular formula is C10H11N3O2S2. The summed E-state index contributed by atoms with van der Waals surface area (Å²) in [4.78, 5) is 4.06. The molecule has 0 aliphatic carbocycles. The topological polar surface area (TPSA) is 85.1 Å². The van der Waals surface area contributed by atoms with E-state index < -0.39 is 10.0 Å². The number of anilines is 1. The first-order chi connectivity index (χ1) is 8.12. The highest BCUT2D eigenvalue weighted by Gasteiger charge is 2.15. The summed E-state index contributed by atoms with van der Waals surface area (Å²) in [6, 6.07) is 6.52. The Morgan fingerprint density at radius 2 is 2.24 bits per heavy atom. The lowest BCUT2D eigenvalue weighted by Gasteiger charge is -2.06. The Labute approximate surface area is 103 Å². The van der Waals surface area contributed by atoms with Crippen LogP contribution in [0.25, 0.3) is 0 Å². The molecule has 1 aromatic carbocycles. The number of rotatable bonds is 4. The van der Waals surface area contributed by atoms with Crippen LogP contribution < -0.4 is 10.5 Å². The fourth-order valence-electron chi connectivity index (χ4n) is 1.29. The first-order valence-electron chi connectivity index (χ1n) is 4.83. The van der Waals surface area contributed by atoms with E-state index in [0.717, 1.165) is 5.56 Å². The van der Waals surface area contributed by atoms with Gasteiger partial charge in [0, 0.05) is 18.1 Å². The first kappa shape index (κ1) is 12.0. The minimum atomic E-state index is -3.57. The molecule has 5 nitrogen and oxygen atoms in total. The lowest BCUT2D eigenvalue weighted by molar-refractivity contribution is 0.601. The molecule has 1 aromatic heterocycles. The molecule has 90 valence electrons. The summed E-state index contributed by atoms with van der Waals surface area (Å²) in [5.74, 6) is 0. The summed E-state index contributed by atoms with van der Waals surface area (Å²) in [5, 5.41) is 2.05. The Kier molecular flexibility index (Phi) is 3.41. The molecule has 1 heterocycles. The van der Waals surface area contributed by atoms with Crippen molar-refractivity contribution < 1.29 is 8.42 Å². The maximum Gasteiger partial charge on any atom is 0.263 e. The lowest BCUT2D eigenvalue weighted by atomic mass is 10.2. The van der Waals surface area contributed by atoms with Gasteiger partial charge in [-0.05, 0) is 17.7 Å². The smallest absolute Gasteiger partial charge is 0.263 e. The Morgan fingerprint density at radius 3 is 2.88 bits per heavy atom. The summed E-state index contributed by atoms with van der Waals surface area (Å²) < 4.78 is 26.4. The number of hydrogen-bond donors (Lipinski definition) is 2. The monoisotopic (exact) mass is 269 g/mol. The average Bonchev–Trinajstić information content (AvgIpc) is 2.81. The van der Waals surface area contributed by atoms with Gasteiger partial charge in [-0.25, -0.2) is 13.4 Å². The van der Waals surface area contributed by atoms with E-state index in [2.05, 4.69) is 9.71 Å². The van der Waals surface area contributed by atoms with Crippen LogP contribution in [0.1, 0.15) is 5.56 Å². The Hall–Kier alpha value is -1.44. The molecule has 0 fully saturated rings. The van der Waals surface area contributed by atoms with Crippen molar-refractivity contribution in [1.29, 1.82) is 0 Å². The minimum Gasteiger partial charge on any atom is -0.326 e. The van der Waals surface area contributed by atoms with Crippen LogP contribution in [-0.4, -0.2) is 13.4 Å². The standard InChI is InChI=1S/C10H11N3O2S2/c11-7-8-2-1-3-9(6-8)17(14,15)13-10-12-4-5-16-10/h1-6H,7,11H2,(H,12,13). The average molecular weight is 269 g/mol. The van der Waals surface area contributed by atoms with E-state index in [1.165, 1.54) is 17.4 Å². The van der Waals surface area contributed by atoms with E-state index in [1.54, 1.807) is 29.8 Å². The molecule has 0 spiro atoms. The van der Waals surface area contributed by atoms with Crippen molar-refractivity contribution in [2.75, 3.05) is 4.72 Å². The predicted molar refractivity (Wildman–Crippen MR) is 67.3 cm³/mol. The van der Waals surface area contributed by atoms with Crippen LogP contribution >= 0.6 is 11.3 Å². The van der Waals surface area contributed by atoms with Gasteiger partial charge in [-0.2, -0.15) is 0 Å². The fraction of sp³-hybridized carbons (Fsp3) is 0.100. The SMILES string of the molecule is NCc1cccc(S(=O)(=O)Nc2nccs2)c1. The molecule has 3 N–H and O–H groups in total. The highest BCUT2D eigenvalue weighted by Crippen LogP contribution is 2.18. The van der Waals surface area contributed by atoms with Crippen LogP contribution in [0.4, 0.5) is 5.13 Å². The van der Waals surface area contributed by atoms with Gasteiger partial charge in [0.05, 0.1) is 4.90 Å². The fourth-order valence-corrected chi connectivity index (χ4v) is 3.15. The van der Waals surface area contributed by atoms with Crippen molar-refractivity contribution >= 4 is 26.5 Å². The molecule has 17 heavy (non-hydrogen) atoms. The first-order valence-corrected chi connectivity index (χ1v) is 7.19. The zero-order valence-corrected chi connectivity index (χ0v) is 10.5. The third-order valence-electron chi connectivity index (χ3n) is 2.10. The third-order valence-corrected chi connectivity index (χ3v) is 4.25. The summed E-state index contributed by atoms with van der Waals surface area (Å²) in [5.41, 5.74) is 6.24. The maximum absolute atomic E-state index is 12.0. The van der Waals surface area contributed by atoms with Crippen molar-refractivity contribution in [2.24, 2.45) is 5.73 Å². The van der Waals surface area contributed by atoms with Crippen molar-refractivity contribution in [3.8, 4) is 0 Å². The third kappa shape index (κ3) is 2.82. The van der Waals surface area contributed by atoms with Crippen molar-refractivity contribution in [3.63, 3.8) is 0 Å². The van der Waals surface area contributed by atoms with Crippen molar-refractivity contribution in [3.05, 3.63) is 41.4 Å². The van der Waals surface area contributed by atoms with E-state index in [-0.39, 0.29) is 4.90 Å². The number of aromatic nitrogens is 1. The molecule has 2 aromatic rings. The zero-order chi connectivity index (χ0) is 12.3. The second kappa shape index (κ2) is 4.82. The molecule has 0 unspecified atom stereocenters. The molecule has 0 amide bonds. The number of sulfonamides is 1. The summed E-state index contributed by atoms with van der Waals surface area (Å²) >= 11 is 1.23. The molecule has 0 radical (unpaired) electrons. The highest BCUT2D eigenvalue weighted by molar-refractivity contribution is 7.93. The predicted octanol–water partition coefficient (Wildman–Crippen LogP) is 1.40. The molecule has 0 saturated carbocycles. The van der Waals surface area contributed by atoms with Crippen molar-refractivity contribution in [1.82, 2.24) is 4.98 Å². The summed E-state index contributed by atoms with van der Waals surface area (Å²) in [7, 11) is -3.57. The van der Waals surface area contributed by atoms with Gasteiger partial charge in [-0.1, -0.05) is 12.1 Å². The van der Waals surface area contributed by atoms with E-state index in [1.807, 2.05) is 0 Å². The van der Waals surface area contributed by atoms with E-state index in [0.29, 0.717) is 11.7 Å². The Bertz CT molecular complexity index is 594. The maximum atomic E-state index is 12.0. The zero-order valence-electron chi connectivity index (χ0n) is 8.83. The van der Waals surface area contributed by atoms with Gasteiger partial charge in [-0.15, -0.1) is 11.3 Å². The highest BCUT2D eigenvalue weighted by atomic mass is 32.2. The molecule has 0 aliphatic heterocycles. The van der Waals surface area contributed by atoms with Crippen LogP contribution in [-0.2, 0) is 16.6 Å². The molecule has 0 saturated heterocycles. The van der Waals surface area contributed by atoms with E-state index in [9.17, 15) is 8.42 Å². The van der Waals surface area contributed by atoms with Gasteiger partial charge in [0.1, 0.15) is 0 Å². The van der Waals surface area contributed by atoms with Crippen molar-refractivity contribution in [2.45, 2.75) is 11.4 Å². The molecule has 7 heteroatoms. The molecule has 2 rings (SSSR count). The minimum absolute atomic E-state index is 0.190. The second-order valence-corrected chi connectivity index (χ2v) is 5.87. The summed E-state index contributed by atoms with van der Waals surface area (Å²) in [6.45, 7) is 0.306. The van der Waals surface area contributed by atoms with Gasteiger partial charge in [0.15, 0.2) is 5.13 Å². The largest absolute Gasteiger partial charge is 0.326 e. The van der Waals surface area contributed by atoms with Crippen LogP contribution in [0.5, 0.6) is 0 Å². The molecule has 0 bridgehead atoms. The van der Waals surface area contributed by atoms with Crippen LogP contribution in [0.15, 0.2) is 40.7 Å². The Morgan fingerprint density at radius 1 is 1.41 bits per heavy atom. The molecule has 0 aliphatic rings. The van der Waals surface area contributed by atoms with Gasteiger partial charge in [-0.3, -0.25) is 4.72 Å². The number of hydrogen-bond acceptors (Lipinski definition) is 5. The quantitative estimate of drug-likeness (QED) is 0.878. The van der Waals surface area contributed by atoms with Crippen LogP contribution in [0.2, 0.25) is 0 Å². The number of thiazole rings is 1. The number of benzene rings is 1.